The summed E-state index contributed by atoms with van der Waals surface area (Å²) in [6.07, 6.45) is 5.24. The molecule has 0 bridgehead atoms. The fourth-order valence-electron chi connectivity index (χ4n) is 2.48. The van der Waals surface area contributed by atoms with Gasteiger partial charge in [-0.15, -0.1) is 0 Å². The van der Waals surface area contributed by atoms with Crippen LogP contribution < -0.4 is 11.1 Å². The molecule has 0 saturated carbocycles. The number of nitrogens with one attached hydrogen (secondary N) is 1. The number of aromatic nitrogens is 1. The maximum absolute atomic E-state index is 12.2. The summed E-state index contributed by atoms with van der Waals surface area (Å²) in [5.41, 5.74) is 6.83. The highest BCUT2D eigenvalue weighted by atomic mass is 16.2. The molecule has 2 heterocycles. The number of carbonyl (C=O) groups is 1. The van der Waals surface area contributed by atoms with E-state index in [2.05, 4.69) is 15.2 Å². The van der Waals surface area contributed by atoms with Gasteiger partial charge in [0.1, 0.15) is 0 Å². The van der Waals surface area contributed by atoms with Crippen molar-refractivity contribution in [2.45, 2.75) is 38.4 Å². The van der Waals surface area contributed by atoms with Crippen molar-refractivity contribution in [2.24, 2.45) is 5.73 Å². The van der Waals surface area contributed by atoms with Gasteiger partial charge in [0.2, 0.25) is 5.91 Å². The lowest BCUT2D eigenvalue weighted by Crippen LogP contribution is -2.45. The summed E-state index contributed by atoms with van der Waals surface area (Å²) in [4.78, 5) is 18.4. The van der Waals surface area contributed by atoms with Gasteiger partial charge < -0.3 is 11.1 Å². The lowest BCUT2D eigenvalue weighted by Gasteiger charge is -2.27. The first-order valence-corrected chi connectivity index (χ1v) is 6.84. The van der Waals surface area contributed by atoms with Crippen molar-refractivity contribution < 1.29 is 4.79 Å². The zero-order valence-corrected chi connectivity index (χ0v) is 11.4. The van der Waals surface area contributed by atoms with Crippen LogP contribution in [0.3, 0.4) is 0 Å². The van der Waals surface area contributed by atoms with E-state index in [1.165, 1.54) is 5.56 Å². The first-order chi connectivity index (χ1) is 9.20. The summed E-state index contributed by atoms with van der Waals surface area (Å²) in [5.74, 6) is 0.101. The second-order valence-corrected chi connectivity index (χ2v) is 5.12. The van der Waals surface area contributed by atoms with E-state index in [1.54, 1.807) is 12.4 Å². The Kier molecular flexibility index (Phi) is 4.87. The summed E-state index contributed by atoms with van der Waals surface area (Å²) in [7, 11) is 0. The Morgan fingerprint density at radius 3 is 2.89 bits per heavy atom. The summed E-state index contributed by atoms with van der Waals surface area (Å²) in [6, 6.07) is 4.09. The number of hydrogen-bond acceptors (Lipinski definition) is 4. The predicted molar refractivity (Wildman–Crippen MR) is 74.3 cm³/mol. The van der Waals surface area contributed by atoms with Gasteiger partial charge in [-0.3, -0.25) is 14.7 Å². The molecular formula is C14H22N4O. The molecule has 1 aromatic rings. The molecule has 2 unspecified atom stereocenters. The van der Waals surface area contributed by atoms with E-state index < -0.39 is 0 Å². The molecule has 2 atom stereocenters. The van der Waals surface area contributed by atoms with Gasteiger partial charge in [-0.2, -0.15) is 0 Å². The number of amides is 1. The molecule has 1 aromatic heterocycles. The molecule has 1 aliphatic rings. The third-order valence-electron chi connectivity index (χ3n) is 3.56. The molecule has 2 rings (SSSR count). The van der Waals surface area contributed by atoms with Crippen LogP contribution in [0, 0.1) is 0 Å². The molecule has 0 spiro atoms. The number of pyridine rings is 1. The maximum Gasteiger partial charge on any atom is 0.237 e. The normalized spacial score (nSPS) is 24.8. The minimum atomic E-state index is -0.122. The lowest BCUT2D eigenvalue weighted by molar-refractivity contribution is -0.126. The second-order valence-electron chi connectivity index (χ2n) is 5.12. The molecule has 104 valence electrons. The van der Waals surface area contributed by atoms with Gasteiger partial charge >= 0.3 is 0 Å². The zero-order chi connectivity index (χ0) is 13.7. The van der Waals surface area contributed by atoms with Crippen LogP contribution in [0.1, 0.15) is 25.3 Å². The van der Waals surface area contributed by atoms with Gasteiger partial charge in [0.05, 0.1) is 6.04 Å². The summed E-state index contributed by atoms with van der Waals surface area (Å²) in [6.45, 7) is 4.26. The molecule has 0 radical (unpaired) electrons. The SMILES string of the molecule is CC1CCN(Cc2ccncc2)C(CCN)C(=O)N1. The highest BCUT2D eigenvalue weighted by Crippen LogP contribution is 2.15. The highest BCUT2D eigenvalue weighted by Gasteiger charge is 2.29. The average molecular weight is 262 g/mol. The van der Waals surface area contributed by atoms with Crippen molar-refractivity contribution in [2.75, 3.05) is 13.1 Å². The monoisotopic (exact) mass is 262 g/mol. The molecule has 1 amide bonds. The van der Waals surface area contributed by atoms with Gasteiger partial charge in [-0.25, -0.2) is 0 Å². The molecule has 0 aromatic carbocycles. The molecule has 1 saturated heterocycles. The Hall–Kier alpha value is -1.46. The molecule has 0 aliphatic carbocycles. The largest absolute Gasteiger partial charge is 0.352 e. The summed E-state index contributed by atoms with van der Waals surface area (Å²) >= 11 is 0. The van der Waals surface area contributed by atoms with Crippen molar-refractivity contribution in [1.82, 2.24) is 15.2 Å². The van der Waals surface area contributed by atoms with Crippen molar-refractivity contribution in [3.05, 3.63) is 30.1 Å². The highest BCUT2D eigenvalue weighted by molar-refractivity contribution is 5.82. The zero-order valence-electron chi connectivity index (χ0n) is 11.4. The predicted octanol–water partition coefficient (Wildman–Crippen LogP) is 0.509. The van der Waals surface area contributed by atoms with E-state index in [9.17, 15) is 4.79 Å². The van der Waals surface area contributed by atoms with Crippen LogP contribution >= 0.6 is 0 Å². The van der Waals surface area contributed by atoms with Crippen molar-refractivity contribution in [1.29, 1.82) is 0 Å². The molecular weight excluding hydrogens is 240 g/mol. The number of nitrogens with zero attached hydrogens (tertiary/aromatic N) is 2. The first-order valence-electron chi connectivity index (χ1n) is 6.84. The topological polar surface area (TPSA) is 71.2 Å². The van der Waals surface area contributed by atoms with Crippen molar-refractivity contribution >= 4 is 5.91 Å². The Morgan fingerprint density at radius 2 is 2.21 bits per heavy atom. The van der Waals surface area contributed by atoms with Gasteiger partial charge in [0, 0.05) is 31.5 Å². The third-order valence-corrected chi connectivity index (χ3v) is 3.56. The Balaban J connectivity index is 2.12. The van der Waals surface area contributed by atoms with Crippen LogP contribution in [0.5, 0.6) is 0 Å². The number of carbonyl (C=O) groups excluding carboxylic acids is 1. The summed E-state index contributed by atoms with van der Waals surface area (Å²) < 4.78 is 0. The fourth-order valence-corrected chi connectivity index (χ4v) is 2.48. The van der Waals surface area contributed by atoms with Crippen LogP contribution in [-0.4, -0.2) is 41.0 Å². The van der Waals surface area contributed by atoms with Crippen molar-refractivity contribution in [3.8, 4) is 0 Å². The van der Waals surface area contributed by atoms with Crippen LogP contribution in [0.2, 0.25) is 0 Å². The molecule has 3 N–H and O–H groups in total. The van der Waals surface area contributed by atoms with Crippen LogP contribution in [0.25, 0.3) is 0 Å². The molecule has 1 aliphatic heterocycles. The van der Waals surface area contributed by atoms with Gasteiger partial charge in [-0.05, 0) is 44.0 Å². The first kappa shape index (κ1) is 14.0. The van der Waals surface area contributed by atoms with E-state index in [-0.39, 0.29) is 18.0 Å². The van der Waals surface area contributed by atoms with Gasteiger partial charge in [0.25, 0.3) is 0 Å². The molecule has 5 nitrogen and oxygen atoms in total. The molecule has 19 heavy (non-hydrogen) atoms. The summed E-state index contributed by atoms with van der Waals surface area (Å²) in [5, 5.41) is 3.04. The molecule has 1 fully saturated rings. The Bertz CT molecular complexity index is 409. The van der Waals surface area contributed by atoms with E-state index in [1.807, 2.05) is 19.1 Å². The van der Waals surface area contributed by atoms with Crippen molar-refractivity contribution in [3.63, 3.8) is 0 Å². The van der Waals surface area contributed by atoms with Crippen LogP contribution in [-0.2, 0) is 11.3 Å². The van der Waals surface area contributed by atoms with E-state index in [0.29, 0.717) is 13.0 Å². The van der Waals surface area contributed by atoms with Gasteiger partial charge in [-0.1, -0.05) is 0 Å². The quantitative estimate of drug-likeness (QED) is 0.829. The minimum absolute atomic E-state index is 0.101. The van der Waals surface area contributed by atoms with Crippen LogP contribution in [0.4, 0.5) is 0 Å². The lowest BCUT2D eigenvalue weighted by atomic mass is 10.1. The average Bonchev–Trinajstić information content (AvgIpc) is 2.53. The molecule has 5 heteroatoms. The fraction of sp³-hybridized carbons (Fsp3) is 0.571. The van der Waals surface area contributed by atoms with E-state index in [0.717, 1.165) is 19.5 Å². The number of rotatable bonds is 4. The van der Waals surface area contributed by atoms with Crippen LogP contribution in [0.15, 0.2) is 24.5 Å². The number of nitrogens with two attached hydrogens (primary N) is 1. The van der Waals surface area contributed by atoms with Gasteiger partial charge in [0.15, 0.2) is 0 Å². The van der Waals surface area contributed by atoms with E-state index >= 15 is 0 Å². The second kappa shape index (κ2) is 6.63. The smallest absolute Gasteiger partial charge is 0.237 e. The maximum atomic E-state index is 12.2. The standard InChI is InChI=1S/C14H22N4O/c1-11-5-9-18(10-12-3-7-16-8-4-12)13(2-6-15)14(19)17-11/h3-4,7-8,11,13H,2,5-6,9-10,15H2,1H3,(H,17,19). The number of hydrogen-bond donors (Lipinski definition) is 2. The minimum Gasteiger partial charge on any atom is -0.352 e. The Labute approximate surface area is 114 Å². The third kappa shape index (κ3) is 3.75. The Morgan fingerprint density at radius 1 is 1.47 bits per heavy atom. The van der Waals surface area contributed by atoms with E-state index in [4.69, 9.17) is 5.73 Å².